The number of aromatic nitrogens is 2. The molecule has 0 aliphatic rings. The van der Waals surface area contributed by atoms with Crippen LogP contribution in [0.15, 0.2) is 16.7 Å². The fourth-order valence-electron chi connectivity index (χ4n) is 1.61. The lowest BCUT2D eigenvalue weighted by molar-refractivity contribution is 0.111. The van der Waals surface area contributed by atoms with Crippen LogP contribution in [0.4, 0.5) is 0 Å². The topological polar surface area (TPSA) is 74.5 Å². The van der Waals surface area contributed by atoms with Gasteiger partial charge in [0.1, 0.15) is 0 Å². The summed E-state index contributed by atoms with van der Waals surface area (Å²) in [5.41, 5.74) is 0.296. The molecular formula is C13H13ClN2O4. The quantitative estimate of drug-likeness (QED) is 0.763. The Hall–Kier alpha value is -2.08. The van der Waals surface area contributed by atoms with E-state index in [1.807, 2.05) is 6.92 Å². The van der Waals surface area contributed by atoms with Crippen LogP contribution >= 0.6 is 11.6 Å². The summed E-state index contributed by atoms with van der Waals surface area (Å²) in [6, 6.07) is 3.06. The van der Waals surface area contributed by atoms with E-state index in [2.05, 4.69) is 10.1 Å². The Bertz CT molecular complexity index is 612. The lowest BCUT2D eigenvalue weighted by Gasteiger charge is -2.11. The molecule has 2 aromatic rings. The molecule has 0 saturated heterocycles. The van der Waals surface area contributed by atoms with Crippen molar-refractivity contribution in [3.63, 3.8) is 0 Å². The molecule has 7 heteroatoms. The second kappa shape index (κ2) is 6.38. The van der Waals surface area contributed by atoms with E-state index in [9.17, 15) is 4.79 Å². The summed E-state index contributed by atoms with van der Waals surface area (Å²) in [4.78, 5) is 15.2. The number of benzene rings is 1. The van der Waals surface area contributed by atoms with Crippen molar-refractivity contribution in [2.24, 2.45) is 0 Å². The third-order valence-corrected chi connectivity index (χ3v) is 2.78. The number of halogens is 1. The van der Waals surface area contributed by atoms with Gasteiger partial charge in [-0.15, -0.1) is 0 Å². The van der Waals surface area contributed by atoms with E-state index in [1.165, 1.54) is 13.2 Å². The highest BCUT2D eigenvalue weighted by Crippen LogP contribution is 2.34. The summed E-state index contributed by atoms with van der Waals surface area (Å²) in [5, 5.41) is 4.15. The molecule has 1 heterocycles. The standard InChI is InChI=1S/C13H13ClN2O4/c1-3-11-15-12(20-16-11)7-19-13-8(6-17)4-9(14)5-10(13)18-2/h4-6H,3,7H2,1-2H3. The molecule has 6 nitrogen and oxygen atoms in total. The van der Waals surface area contributed by atoms with Gasteiger partial charge in [0.25, 0.3) is 5.89 Å². The molecule has 0 bridgehead atoms. The molecule has 0 saturated carbocycles. The molecule has 2 rings (SSSR count). The highest BCUT2D eigenvalue weighted by atomic mass is 35.5. The van der Waals surface area contributed by atoms with Gasteiger partial charge in [0.05, 0.1) is 12.7 Å². The van der Waals surface area contributed by atoms with Crippen molar-refractivity contribution in [2.75, 3.05) is 7.11 Å². The van der Waals surface area contributed by atoms with E-state index in [4.69, 9.17) is 25.6 Å². The third kappa shape index (κ3) is 3.08. The predicted octanol–water partition coefficient (Wildman–Crippen LogP) is 2.69. The zero-order valence-corrected chi connectivity index (χ0v) is 11.8. The number of methoxy groups -OCH3 is 1. The van der Waals surface area contributed by atoms with Gasteiger partial charge in [0.2, 0.25) is 0 Å². The maximum Gasteiger partial charge on any atom is 0.264 e. The SMILES string of the molecule is CCc1noc(COc2c(C=O)cc(Cl)cc2OC)n1. The first-order valence-electron chi connectivity index (χ1n) is 5.94. The van der Waals surface area contributed by atoms with Crippen molar-refractivity contribution in [1.82, 2.24) is 10.1 Å². The fourth-order valence-corrected chi connectivity index (χ4v) is 1.83. The Kier molecular flexibility index (Phi) is 4.57. The second-order valence-electron chi connectivity index (χ2n) is 3.89. The average molecular weight is 297 g/mol. The van der Waals surface area contributed by atoms with Crippen LogP contribution < -0.4 is 9.47 Å². The van der Waals surface area contributed by atoms with Crippen LogP contribution in [0.3, 0.4) is 0 Å². The molecule has 0 radical (unpaired) electrons. The first-order chi connectivity index (χ1) is 9.67. The predicted molar refractivity (Wildman–Crippen MR) is 71.4 cm³/mol. The van der Waals surface area contributed by atoms with E-state index >= 15 is 0 Å². The Morgan fingerprint density at radius 1 is 1.45 bits per heavy atom. The molecule has 1 aromatic heterocycles. The van der Waals surface area contributed by atoms with Crippen molar-refractivity contribution in [1.29, 1.82) is 0 Å². The maximum absolute atomic E-state index is 11.1. The highest BCUT2D eigenvalue weighted by Gasteiger charge is 2.14. The number of carbonyl (C=O) groups is 1. The summed E-state index contributed by atoms with van der Waals surface area (Å²) in [5.74, 6) is 1.59. The minimum Gasteiger partial charge on any atom is -0.493 e. The molecule has 0 aliphatic heterocycles. The van der Waals surface area contributed by atoms with Crippen LogP contribution in [-0.4, -0.2) is 23.5 Å². The Morgan fingerprint density at radius 2 is 2.25 bits per heavy atom. The first-order valence-corrected chi connectivity index (χ1v) is 6.32. The summed E-state index contributed by atoms with van der Waals surface area (Å²) in [7, 11) is 1.47. The molecule has 0 fully saturated rings. The van der Waals surface area contributed by atoms with Gasteiger partial charge < -0.3 is 14.0 Å². The van der Waals surface area contributed by atoms with Gasteiger partial charge in [0, 0.05) is 17.5 Å². The number of aldehydes is 1. The van der Waals surface area contributed by atoms with Crippen LogP contribution in [0.1, 0.15) is 29.0 Å². The molecule has 20 heavy (non-hydrogen) atoms. The Labute approximate surface area is 120 Å². The molecule has 0 N–H and O–H groups in total. The Morgan fingerprint density at radius 3 is 2.85 bits per heavy atom. The van der Waals surface area contributed by atoms with Crippen molar-refractivity contribution in [2.45, 2.75) is 20.0 Å². The van der Waals surface area contributed by atoms with E-state index < -0.39 is 0 Å². The van der Waals surface area contributed by atoms with Crippen molar-refractivity contribution in [3.8, 4) is 11.5 Å². The highest BCUT2D eigenvalue weighted by molar-refractivity contribution is 6.31. The zero-order chi connectivity index (χ0) is 14.5. The smallest absolute Gasteiger partial charge is 0.264 e. The summed E-state index contributed by atoms with van der Waals surface area (Å²) >= 11 is 5.88. The number of rotatable bonds is 6. The van der Waals surface area contributed by atoms with Crippen molar-refractivity contribution in [3.05, 3.63) is 34.4 Å². The second-order valence-corrected chi connectivity index (χ2v) is 4.33. The van der Waals surface area contributed by atoms with Gasteiger partial charge in [-0.05, 0) is 6.07 Å². The monoisotopic (exact) mass is 296 g/mol. The maximum atomic E-state index is 11.1. The molecule has 0 unspecified atom stereocenters. The molecule has 1 aromatic carbocycles. The van der Waals surface area contributed by atoms with Gasteiger partial charge in [-0.2, -0.15) is 4.98 Å². The molecule has 0 amide bonds. The van der Waals surface area contributed by atoms with Gasteiger partial charge in [-0.1, -0.05) is 23.7 Å². The van der Waals surface area contributed by atoms with Crippen molar-refractivity contribution < 1.29 is 18.8 Å². The number of hydrogen-bond donors (Lipinski definition) is 0. The van der Waals surface area contributed by atoms with Crippen molar-refractivity contribution >= 4 is 17.9 Å². The first kappa shape index (κ1) is 14.3. The number of nitrogens with zero attached hydrogens (tertiary/aromatic N) is 2. The largest absolute Gasteiger partial charge is 0.493 e. The van der Waals surface area contributed by atoms with Crippen LogP contribution in [0.5, 0.6) is 11.5 Å². The summed E-state index contributed by atoms with van der Waals surface area (Å²) in [6.07, 6.45) is 1.32. The third-order valence-electron chi connectivity index (χ3n) is 2.56. The molecule has 0 spiro atoms. The normalized spacial score (nSPS) is 10.3. The van der Waals surface area contributed by atoms with Gasteiger partial charge >= 0.3 is 0 Å². The van der Waals surface area contributed by atoms with Crippen LogP contribution in [0.2, 0.25) is 5.02 Å². The van der Waals surface area contributed by atoms with E-state index in [1.54, 1.807) is 6.07 Å². The minimum absolute atomic E-state index is 0.0475. The van der Waals surface area contributed by atoms with Gasteiger partial charge in [-0.25, -0.2) is 0 Å². The lowest BCUT2D eigenvalue weighted by Crippen LogP contribution is -2.01. The van der Waals surface area contributed by atoms with Crippen LogP contribution in [-0.2, 0) is 13.0 Å². The molecular weight excluding hydrogens is 284 g/mol. The molecule has 106 valence electrons. The lowest BCUT2D eigenvalue weighted by atomic mass is 10.2. The Balaban J connectivity index is 2.21. The van der Waals surface area contributed by atoms with Gasteiger partial charge in [-0.3, -0.25) is 4.79 Å². The average Bonchev–Trinajstić information content (AvgIpc) is 2.92. The summed E-state index contributed by atoms with van der Waals surface area (Å²) < 4.78 is 15.7. The summed E-state index contributed by atoms with van der Waals surface area (Å²) in [6.45, 7) is 1.97. The number of aryl methyl sites for hydroxylation is 1. The fraction of sp³-hybridized carbons (Fsp3) is 0.308. The minimum atomic E-state index is 0.0475. The zero-order valence-electron chi connectivity index (χ0n) is 11.1. The van der Waals surface area contributed by atoms with Crippen LogP contribution in [0, 0.1) is 0 Å². The van der Waals surface area contributed by atoms with E-state index in [-0.39, 0.29) is 6.61 Å². The number of carbonyl (C=O) groups excluding carboxylic acids is 1. The molecule has 0 aliphatic carbocycles. The van der Waals surface area contributed by atoms with E-state index in [0.29, 0.717) is 46.5 Å². The molecule has 0 atom stereocenters. The van der Waals surface area contributed by atoms with Gasteiger partial charge in [0.15, 0.2) is 30.2 Å². The number of ether oxygens (including phenoxy) is 2. The van der Waals surface area contributed by atoms with E-state index in [0.717, 1.165) is 0 Å². The van der Waals surface area contributed by atoms with Crippen LogP contribution in [0.25, 0.3) is 0 Å². The number of hydrogen-bond acceptors (Lipinski definition) is 6.